The molecule has 8 nitrogen and oxygen atoms in total. The molecule has 1 aromatic carbocycles. The molecule has 0 radical (unpaired) electrons. The monoisotopic (exact) mass is 523 g/mol. The van der Waals surface area contributed by atoms with Crippen LogP contribution in [-0.4, -0.2) is 51.5 Å². The van der Waals surface area contributed by atoms with Crippen LogP contribution in [0.5, 0.6) is 0 Å². The van der Waals surface area contributed by atoms with Gasteiger partial charge in [-0.3, -0.25) is 19.1 Å². The van der Waals surface area contributed by atoms with Crippen LogP contribution < -0.4 is 10.6 Å². The molecule has 0 bridgehead atoms. The molecule has 204 valence electrons. The van der Waals surface area contributed by atoms with Crippen LogP contribution in [-0.2, 0) is 9.59 Å². The van der Waals surface area contributed by atoms with Crippen molar-refractivity contribution in [2.45, 2.75) is 77.3 Å². The van der Waals surface area contributed by atoms with E-state index in [9.17, 15) is 14.4 Å². The fraction of sp³-hybridized carbons (Fsp3) is 0.586. The van der Waals surface area contributed by atoms with Gasteiger partial charge in [-0.15, -0.1) is 0 Å². The van der Waals surface area contributed by atoms with Crippen molar-refractivity contribution in [2.24, 2.45) is 17.8 Å². The van der Waals surface area contributed by atoms with Crippen molar-refractivity contribution in [1.29, 1.82) is 0 Å². The average molecular weight is 524 g/mol. The maximum absolute atomic E-state index is 15.2. The Labute approximate surface area is 223 Å². The maximum atomic E-state index is 15.2. The van der Waals surface area contributed by atoms with E-state index in [1.165, 1.54) is 12.1 Å². The predicted molar refractivity (Wildman–Crippen MR) is 142 cm³/mol. The molecule has 5 rings (SSSR count). The average Bonchev–Trinajstić information content (AvgIpc) is 3.80. The number of carbonyl (C=O) groups excluding carboxylic acids is 3. The largest absolute Gasteiger partial charge is 0.342 e. The zero-order valence-corrected chi connectivity index (χ0v) is 22.5. The first-order valence-corrected chi connectivity index (χ1v) is 14.0. The van der Waals surface area contributed by atoms with Crippen molar-refractivity contribution >= 4 is 23.4 Å². The highest BCUT2D eigenvalue weighted by atomic mass is 19.1. The van der Waals surface area contributed by atoms with Crippen molar-refractivity contribution in [2.75, 3.05) is 18.4 Å². The zero-order chi connectivity index (χ0) is 27.0. The third kappa shape index (κ3) is 5.61. The zero-order valence-electron chi connectivity index (χ0n) is 22.5. The second-order valence-electron chi connectivity index (χ2n) is 11.4. The van der Waals surface area contributed by atoms with Gasteiger partial charge in [-0.25, -0.2) is 4.39 Å². The van der Waals surface area contributed by atoms with Crippen LogP contribution >= 0.6 is 0 Å². The van der Waals surface area contributed by atoms with Crippen LogP contribution in [0.3, 0.4) is 0 Å². The lowest BCUT2D eigenvalue weighted by Crippen LogP contribution is -2.50. The number of carbonyl (C=O) groups is 3. The van der Waals surface area contributed by atoms with E-state index in [0.29, 0.717) is 23.1 Å². The fourth-order valence-electron chi connectivity index (χ4n) is 5.82. The first kappa shape index (κ1) is 26.4. The minimum Gasteiger partial charge on any atom is -0.342 e. The summed E-state index contributed by atoms with van der Waals surface area (Å²) in [4.78, 5) is 41.5. The lowest BCUT2D eigenvalue weighted by molar-refractivity contribution is -0.131. The highest BCUT2D eigenvalue weighted by Gasteiger charge is 2.48. The third-order valence-corrected chi connectivity index (χ3v) is 8.22. The van der Waals surface area contributed by atoms with Gasteiger partial charge < -0.3 is 15.5 Å². The molecule has 38 heavy (non-hydrogen) atoms. The standard InChI is InChI=1S/C29H38FN5O3/c1-17(2)35-24(12-13-31-35)27(36)33-26(25(19-6-7-19)20-8-9-20)28(37)32-23-11-10-21(16-22(23)30)18(3)29(38)34-14-4-5-15-34/h10-13,16-20,25-26H,4-9,14-15H2,1-3H3,(H,32,37)(H,33,36). The van der Waals surface area contributed by atoms with Gasteiger partial charge in [0.1, 0.15) is 17.6 Å². The first-order valence-electron chi connectivity index (χ1n) is 14.0. The van der Waals surface area contributed by atoms with Crippen LogP contribution in [0.15, 0.2) is 30.5 Å². The number of amides is 3. The molecule has 2 heterocycles. The van der Waals surface area contributed by atoms with Crippen molar-refractivity contribution in [1.82, 2.24) is 20.0 Å². The Kier molecular flexibility index (Phi) is 7.54. The molecule has 2 aromatic rings. The number of anilines is 1. The number of nitrogens with zero attached hydrogens (tertiary/aromatic N) is 3. The molecule has 2 saturated carbocycles. The predicted octanol–water partition coefficient (Wildman–Crippen LogP) is 4.50. The lowest BCUT2D eigenvalue weighted by atomic mass is 9.88. The smallest absolute Gasteiger partial charge is 0.270 e. The summed E-state index contributed by atoms with van der Waals surface area (Å²) in [6.45, 7) is 7.16. The van der Waals surface area contributed by atoms with E-state index in [-0.39, 0.29) is 29.5 Å². The van der Waals surface area contributed by atoms with E-state index < -0.39 is 23.7 Å². The minimum atomic E-state index is -0.771. The Hall–Kier alpha value is -3.23. The lowest BCUT2D eigenvalue weighted by Gasteiger charge is -2.28. The van der Waals surface area contributed by atoms with Crippen molar-refractivity contribution < 1.29 is 18.8 Å². The van der Waals surface area contributed by atoms with Crippen LogP contribution in [0, 0.1) is 23.6 Å². The highest BCUT2D eigenvalue weighted by Crippen LogP contribution is 2.51. The van der Waals surface area contributed by atoms with Gasteiger partial charge in [-0.2, -0.15) is 5.10 Å². The summed E-state index contributed by atoms with van der Waals surface area (Å²) in [5.74, 6) is -1.02. The van der Waals surface area contributed by atoms with Gasteiger partial charge in [-0.1, -0.05) is 6.07 Å². The van der Waals surface area contributed by atoms with Crippen LogP contribution in [0.4, 0.5) is 10.1 Å². The van der Waals surface area contributed by atoms with Crippen molar-refractivity contribution in [3.63, 3.8) is 0 Å². The fourth-order valence-corrected chi connectivity index (χ4v) is 5.82. The summed E-state index contributed by atoms with van der Waals surface area (Å²) in [6, 6.07) is 5.43. The number of hydrogen-bond donors (Lipinski definition) is 2. The summed E-state index contributed by atoms with van der Waals surface area (Å²) in [5.41, 5.74) is 1.03. The molecule has 0 spiro atoms. The second-order valence-corrected chi connectivity index (χ2v) is 11.4. The Morgan fingerprint density at radius 1 is 1.00 bits per heavy atom. The van der Waals surface area contributed by atoms with E-state index >= 15 is 4.39 Å². The van der Waals surface area contributed by atoms with E-state index in [1.807, 2.05) is 18.7 Å². The Bertz CT molecular complexity index is 1180. The number of hydrogen-bond acceptors (Lipinski definition) is 4. The van der Waals surface area contributed by atoms with E-state index in [2.05, 4.69) is 15.7 Å². The van der Waals surface area contributed by atoms with Gasteiger partial charge in [0.05, 0.1) is 11.6 Å². The van der Waals surface area contributed by atoms with Crippen molar-refractivity contribution in [3.8, 4) is 0 Å². The molecular weight excluding hydrogens is 485 g/mol. The molecule has 1 saturated heterocycles. The van der Waals surface area contributed by atoms with Crippen LogP contribution in [0.1, 0.15) is 87.3 Å². The Morgan fingerprint density at radius 3 is 2.24 bits per heavy atom. The van der Waals surface area contributed by atoms with E-state index in [1.54, 1.807) is 29.9 Å². The summed E-state index contributed by atoms with van der Waals surface area (Å²) >= 11 is 0. The second kappa shape index (κ2) is 10.9. The number of rotatable bonds is 10. The maximum Gasteiger partial charge on any atom is 0.270 e. The molecule has 2 unspecified atom stereocenters. The summed E-state index contributed by atoms with van der Waals surface area (Å²) < 4.78 is 16.8. The molecule has 1 aromatic heterocycles. The van der Waals surface area contributed by atoms with Gasteiger partial charge in [0.15, 0.2) is 0 Å². The molecule has 2 N–H and O–H groups in total. The highest BCUT2D eigenvalue weighted by molar-refractivity contribution is 6.01. The number of nitrogens with one attached hydrogen (secondary N) is 2. The molecule has 3 amide bonds. The summed E-state index contributed by atoms with van der Waals surface area (Å²) in [7, 11) is 0. The van der Waals surface area contributed by atoms with Crippen LogP contribution in [0.25, 0.3) is 0 Å². The number of likely N-dealkylation sites (tertiary alicyclic amines) is 1. The van der Waals surface area contributed by atoms with Gasteiger partial charge in [0, 0.05) is 25.3 Å². The SMILES string of the molecule is CC(C(=O)N1CCCC1)c1ccc(NC(=O)C(NC(=O)c2ccnn2C(C)C)C(C2CC2)C2CC2)c(F)c1. The molecule has 1 aliphatic heterocycles. The van der Waals surface area contributed by atoms with Crippen molar-refractivity contribution in [3.05, 3.63) is 47.5 Å². The van der Waals surface area contributed by atoms with E-state index in [4.69, 9.17) is 0 Å². The van der Waals surface area contributed by atoms with Gasteiger partial charge in [0.25, 0.3) is 5.91 Å². The molecule has 2 atom stereocenters. The number of halogens is 1. The molecule has 3 fully saturated rings. The topological polar surface area (TPSA) is 96.3 Å². The van der Waals surface area contributed by atoms with Crippen LogP contribution in [0.2, 0.25) is 0 Å². The van der Waals surface area contributed by atoms with Gasteiger partial charge in [-0.05, 0) is 101 Å². The molecule has 3 aliphatic rings. The Morgan fingerprint density at radius 2 is 1.66 bits per heavy atom. The molecule has 9 heteroatoms. The number of aromatic nitrogens is 2. The number of benzene rings is 1. The van der Waals surface area contributed by atoms with Gasteiger partial charge >= 0.3 is 0 Å². The minimum absolute atomic E-state index is 0.00110. The van der Waals surface area contributed by atoms with Gasteiger partial charge in [0.2, 0.25) is 11.8 Å². The Balaban J connectivity index is 1.33. The molecular formula is C29H38FN5O3. The summed E-state index contributed by atoms with van der Waals surface area (Å²) in [5, 5.41) is 9.98. The molecule has 2 aliphatic carbocycles. The quantitative estimate of drug-likeness (QED) is 0.479. The first-order chi connectivity index (χ1) is 18.2. The third-order valence-electron chi connectivity index (χ3n) is 8.22. The summed E-state index contributed by atoms with van der Waals surface area (Å²) in [6.07, 6.45) is 7.73. The van der Waals surface area contributed by atoms with E-state index in [0.717, 1.165) is 51.6 Å². The normalized spacial score (nSPS) is 19.1.